The summed E-state index contributed by atoms with van der Waals surface area (Å²) in [6.07, 6.45) is 0. The number of fused-ring (bicyclic) bond motifs is 7. The van der Waals surface area contributed by atoms with Crippen LogP contribution in [0.15, 0.2) is 200 Å². The summed E-state index contributed by atoms with van der Waals surface area (Å²) in [5, 5.41) is -0.0459. The van der Waals surface area contributed by atoms with Gasteiger partial charge in [0.1, 0.15) is 0 Å². The summed E-state index contributed by atoms with van der Waals surface area (Å²) in [6, 6.07) is 39.2. The van der Waals surface area contributed by atoms with Crippen LogP contribution in [0.2, 0.25) is 0 Å². The van der Waals surface area contributed by atoms with Crippen LogP contribution in [-0.2, 0) is 0 Å². The lowest BCUT2D eigenvalue weighted by Gasteiger charge is -2.14. The fourth-order valence-corrected chi connectivity index (χ4v) is 7.48. The van der Waals surface area contributed by atoms with E-state index in [0.29, 0.717) is 16.8 Å². The second-order valence-electron chi connectivity index (χ2n) is 13.3. The van der Waals surface area contributed by atoms with E-state index in [1.165, 1.54) is 4.57 Å². The summed E-state index contributed by atoms with van der Waals surface area (Å²) in [5.74, 6) is 0.419. The zero-order chi connectivity index (χ0) is 45.7. The van der Waals surface area contributed by atoms with E-state index in [0.717, 1.165) is 22.3 Å². The van der Waals surface area contributed by atoms with Gasteiger partial charge in [0.15, 0.2) is 11.6 Å². The quantitative estimate of drug-likeness (QED) is 0.171. The van der Waals surface area contributed by atoms with Gasteiger partial charge in [-0.05, 0) is 46.5 Å². The molecule has 0 aliphatic rings. The van der Waals surface area contributed by atoms with Gasteiger partial charge in [-0.1, -0.05) is 176 Å². The van der Waals surface area contributed by atoms with Crippen molar-refractivity contribution in [3.63, 3.8) is 0 Å². The number of aromatic nitrogens is 5. The molecule has 3 heterocycles. The van der Waals surface area contributed by atoms with Crippen LogP contribution >= 0.6 is 0 Å². The van der Waals surface area contributed by atoms with Gasteiger partial charge in [-0.3, -0.25) is 4.57 Å². The fraction of sp³-hybridized carbons (Fsp3) is 0. The molecule has 0 amide bonds. The Hall–Kier alpha value is -7.63. The van der Waals surface area contributed by atoms with Crippen molar-refractivity contribution < 1.29 is 13.7 Å². The first-order valence-corrected chi connectivity index (χ1v) is 18.1. The van der Waals surface area contributed by atoms with Crippen molar-refractivity contribution in [3.8, 4) is 56.7 Å². The van der Waals surface area contributed by atoms with Crippen molar-refractivity contribution in [2.75, 3.05) is 0 Å². The molecule has 0 aliphatic carbocycles. The topological polar surface area (TPSA) is 48.5 Å². The first-order valence-electron chi connectivity index (χ1n) is 23.1. The normalized spacial score (nSPS) is 14.1. The Labute approximate surface area is 337 Å². The van der Waals surface area contributed by atoms with Gasteiger partial charge in [0, 0.05) is 38.4 Å². The SMILES string of the molecule is [2H]c1c([2H])c([2H])c2c(c1[2H])c1c([2H])c([2H])c3c4c([2H])c([2H])c([2H])c([2H])c4n(-c4nc(-c5ccccc5)nc(-c5ccc(-c6ccccc6)cc5)n4)c3c1n2-c1cccc(-c2ccccc2)c1. The molecule has 11 rings (SSSR count). The highest BCUT2D eigenvalue weighted by Gasteiger charge is 2.23. The molecule has 5 heteroatoms. The second-order valence-corrected chi connectivity index (χ2v) is 13.3. The van der Waals surface area contributed by atoms with Crippen molar-refractivity contribution in [2.24, 2.45) is 0 Å². The van der Waals surface area contributed by atoms with Gasteiger partial charge in [0.2, 0.25) is 5.95 Å². The minimum absolute atomic E-state index is 0.00214. The molecular weight excluding hydrogens is 683 g/mol. The van der Waals surface area contributed by atoms with Crippen LogP contribution in [0, 0.1) is 0 Å². The van der Waals surface area contributed by atoms with Crippen LogP contribution in [0.5, 0.6) is 0 Å². The molecule has 0 atom stereocenters. The van der Waals surface area contributed by atoms with Crippen LogP contribution in [0.3, 0.4) is 0 Å². The van der Waals surface area contributed by atoms with Gasteiger partial charge in [-0.25, -0.2) is 4.98 Å². The van der Waals surface area contributed by atoms with Gasteiger partial charge in [0.25, 0.3) is 0 Å². The number of para-hydroxylation sites is 2. The predicted molar refractivity (Wildman–Crippen MR) is 230 cm³/mol. The molecule has 11 aromatic rings. The Morgan fingerprint density at radius 3 is 1.41 bits per heavy atom. The molecule has 0 spiro atoms. The summed E-state index contributed by atoms with van der Waals surface area (Å²) >= 11 is 0. The highest BCUT2D eigenvalue weighted by atomic mass is 15.2. The van der Waals surface area contributed by atoms with E-state index in [1.807, 2.05) is 133 Å². The van der Waals surface area contributed by atoms with Crippen molar-refractivity contribution in [3.05, 3.63) is 200 Å². The van der Waals surface area contributed by atoms with Crippen LogP contribution in [0.1, 0.15) is 13.7 Å². The summed E-state index contributed by atoms with van der Waals surface area (Å²) in [7, 11) is 0. The lowest BCUT2D eigenvalue weighted by Crippen LogP contribution is -2.07. The summed E-state index contributed by atoms with van der Waals surface area (Å²) < 4.78 is 95.5. The molecule has 0 fully saturated rings. The lowest BCUT2D eigenvalue weighted by molar-refractivity contribution is 0.953. The summed E-state index contributed by atoms with van der Waals surface area (Å²) in [5.41, 5.74) is 5.57. The highest BCUT2D eigenvalue weighted by molar-refractivity contribution is 6.23. The smallest absolute Gasteiger partial charge is 0.238 e. The standard InChI is InChI=1S/C51H33N5/c1-4-15-34(16-5-1)36-27-29-38(30-28-36)50-52-49(37-19-8-3-9-20-37)53-51(54-50)56-46-26-13-11-24-42(46)44-32-31-43-41-23-10-12-25-45(41)55(47(43)48(44)56)40-22-14-21-39(33-40)35-17-6-2-7-18-35/h1-33H/i10D,11D,12D,13D,23D,24D,25D,26D,31D,32D. The highest BCUT2D eigenvalue weighted by Crippen LogP contribution is 2.42. The third kappa shape index (κ3) is 5.21. The van der Waals surface area contributed by atoms with E-state index in [9.17, 15) is 8.22 Å². The van der Waals surface area contributed by atoms with Crippen molar-refractivity contribution in [1.82, 2.24) is 24.1 Å². The predicted octanol–water partition coefficient (Wildman–Crippen LogP) is 12.7. The molecule has 5 nitrogen and oxygen atoms in total. The molecule has 0 saturated heterocycles. The number of hydrogen-bond acceptors (Lipinski definition) is 3. The number of nitrogens with zero attached hydrogens (tertiary/aromatic N) is 5. The summed E-state index contributed by atoms with van der Waals surface area (Å²) in [6.45, 7) is 0. The van der Waals surface area contributed by atoms with Crippen molar-refractivity contribution in [2.45, 2.75) is 0 Å². The van der Waals surface area contributed by atoms with E-state index in [-0.39, 0.29) is 67.3 Å². The summed E-state index contributed by atoms with van der Waals surface area (Å²) in [4.78, 5) is 15.0. The maximum Gasteiger partial charge on any atom is 0.238 e. The lowest BCUT2D eigenvalue weighted by atomic mass is 10.0. The molecular formula is C51H33N5. The van der Waals surface area contributed by atoms with Crippen LogP contribution in [0.25, 0.3) is 100 Å². The van der Waals surface area contributed by atoms with Gasteiger partial charge >= 0.3 is 0 Å². The van der Waals surface area contributed by atoms with Crippen LogP contribution < -0.4 is 0 Å². The van der Waals surface area contributed by atoms with E-state index >= 15 is 0 Å². The minimum Gasteiger partial charge on any atom is -0.307 e. The van der Waals surface area contributed by atoms with Gasteiger partial charge in [-0.2, -0.15) is 9.97 Å². The maximum absolute atomic E-state index is 9.71. The molecule has 0 N–H and O–H groups in total. The molecule has 3 aromatic heterocycles. The van der Waals surface area contributed by atoms with Crippen LogP contribution in [-0.4, -0.2) is 24.1 Å². The van der Waals surface area contributed by atoms with Gasteiger partial charge in [0.05, 0.1) is 35.8 Å². The van der Waals surface area contributed by atoms with E-state index < -0.39 is 54.4 Å². The zero-order valence-electron chi connectivity index (χ0n) is 39.5. The van der Waals surface area contributed by atoms with E-state index in [4.69, 9.17) is 20.4 Å². The minimum atomic E-state index is -0.548. The Morgan fingerprint density at radius 1 is 0.357 bits per heavy atom. The third-order valence-electron chi connectivity index (χ3n) is 10.1. The second kappa shape index (κ2) is 13.0. The Kier molecular flexibility index (Phi) is 5.41. The Bertz CT molecular complexity index is 3800. The van der Waals surface area contributed by atoms with Gasteiger partial charge in [-0.15, -0.1) is 0 Å². The van der Waals surface area contributed by atoms with Gasteiger partial charge < -0.3 is 4.57 Å². The molecule has 262 valence electrons. The molecule has 8 aromatic carbocycles. The van der Waals surface area contributed by atoms with Crippen LogP contribution in [0.4, 0.5) is 0 Å². The first kappa shape index (κ1) is 23.2. The average Bonchev–Trinajstić information content (AvgIpc) is 3.91. The number of rotatable bonds is 6. The molecule has 0 saturated carbocycles. The van der Waals surface area contributed by atoms with E-state index in [2.05, 4.69) is 0 Å². The van der Waals surface area contributed by atoms with Crippen molar-refractivity contribution >= 4 is 43.6 Å². The average molecular weight is 726 g/mol. The Morgan fingerprint density at radius 2 is 0.804 bits per heavy atom. The number of hydrogen-bond donors (Lipinski definition) is 0. The molecule has 0 aliphatic heterocycles. The largest absolute Gasteiger partial charge is 0.307 e. The third-order valence-corrected chi connectivity index (χ3v) is 10.1. The maximum atomic E-state index is 9.71. The monoisotopic (exact) mass is 725 g/mol. The molecule has 0 radical (unpaired) electrons. The van der Waals surface area contributed by atoms with Crippen molar-refractivity contribution in [1.29, 1.82) is 0 Å². The van der Waals surface area contributed by atoms with E-state index in [1.54, 1.807) is 10.6 Å². The molecule has 0 bridgehead atoms. The first-order chi connectivity index (χ1) is 31.9. The fourth-order valence-electron chi connectivity index (χ4n) is 7.48. The Balaban J connectivity index is 1.35. The number of benzene rings is 8. The molecule has 56 heavy (non-hydrogen) atoms. The molecule has 0 unspecified atom stereocenters. The zero-order valence-corrected chi connectivity index (χ0v) is 29.5.